The molecule has 1 aliphatic rings. The number of aromatic nitrogens is 5. The predicted molar refractivity (Wildman–Crippen MR) is 76.8 cm³/mol. The molecule has 0 saturated carbocycles. The fourth-order valence-electron chi connectivity index (χ4n) is 2.72. The van der Waals surface area contributed by atoms with Crippen molar-refractivity contribution in [1.29, 1.82) is 0 Å². The summed E-state index contributed by atoms with van der Waals surface area (Å²) in [6.07, 6.45) is 6.19. The molecule has 1 aliphatic carbocycles. The number of carbonyl (C=O) groups excluding carboxylic acids is 1. The van der Waals surface area contributed by atoms with Gasteiger partial charge >= 0.3 is 0 Å². The minimum atomic E-state index is -0.117. The van der Waals surface area contributed by atoms with E-state index in [1.54, 1.807) is 11.0 Å². The zero-order chi connectivity index (χ0) is 14.8. The topological polar surface area (TPSA) is 88.5 Å². The molecule has 0 spiro atoms. The average molecular weight is 288 g/mol. The van der Waals surface area contributed by atoms with Crippen LogP contribution in [0.2, 0.25) is 0 Å². The maximum Gasteiger partial charge on any atom is 0.272 e. The van der Waals surface area contributed by atoms with E-state index >= 15 is 0 Å². The van der Waals surface area contributed by atoms with Gasteiger partial charge in [-0.1, -0.05) is 6.92 Å². The number of rotatable bonds is 4. The summed E-state index contributed by atoms with van der Waals surface area (Å²) in [6, 6.07) is 0.0603. The van der Waals surface area contributed by atoms with E-state index < -0.39 is 0 Å². The third-order valence-corrected chi connectivity index (χ3v) is 4.05. The molecule has 0 bridgehead atoms. The Bertz CT molecular complexity index is 617. The third-order valence-electron chi connectivity index (χ3n) is 4.05. The second kappa shape index (κ2) is 5.67. The van der Waals surface area contributed by atoms with Crippen molar-refractivity contribution in [3.63, 3.8) is 0 Å². The number of H-pyrrole nitrogens is 1. The highest BCUT2D eigenvalue weighted by molar-refractivity contribution is 5.94. The van der Waals surface area contributed by atoms with Gasteiger partial charge in [-0.05, 0) is 32.1 Å². The maximum absolute atomic E-state index is 12.3. The van der Waals surface area contributed by atoms with Gasteiger partial charge in [-0.2, -0.15) is 10.2 Å². The SMILES string of the molecule is CC1CCc2[nH]nc(C(=O)NCC(C)n3cncn3)c2C1. The second-order valence-corrected chi connectivity index (χ2v) is 5.81. The van der Waals surface area contributed by atoms with Crippen molar-refractivity contribution in [2.24, 2.45) is 5.92 Å². The molecule has 1 amide bonds. The summed E-state index contributed by atoms with van der Waals surface area (Å²) in [5.41, 5.74) is 2.74. The molecule has 0 saturated heterocycles. The molecule has 21 heavy (non-hydrogen) atoms. The van der Waals surface area contributed by atoms with Crippen LogP contribution in [0, 0.1) is 5.92 Å². The fourth-order valence-corrected chi connectivity index (χ4v) is 2.72. The largest absolute Gasteiger partial charge is 0.348 e. The van der Waals surface area contributed by atoms with E-state index in [2.05, 4.69) is 32.5 Å². The lowest BCUT2D eigenvalue weighted by molar-refractivity contribution is 0.0941. The van der Waals surface area contributed by atoms with Gasteiger partial charge in [0.2, 0.25) is 0 Å². The Morgan fingerprint density at radius 1 is 1.62 bits per heavy atom. The Labute approximate surface area is 123 Å². The van der Waals surface area contributed by atoms with Crippen LogP contribution in [0.1, 0.15) is 48.1 Å². The summed E-state index contributed by atoms with van der Waals surface area (Å²) in [4.78, 5) is 16.2. The fraction of sp³-hybridized carbons (Fsp3) is 0.571. The summed E-state index contributed by atoms with van der Waals surface area (Å²) in [5.74, 6) is 0.490. The van der Waals surface area contributed by atoms with Gasteiger partial charge in [0.05, 0.1) is 6.04 Å². The highest BCUT2D eigenvalue weighted by Crippen LogP contribution is 2.26. The molecule has 2 aromatic heterocycles. The van der Waals surface area contributed by atoms with Crippen LogP contribution >= 0.6 is 0 Å². The van der Waals surface area contributed by atoms with Crippen LogP contribution in [-0.4, -0.2) is 37.4 Å². The van der Waals surface area contributed by atoms with Gasteiger partial charge in [0.15, 0.2) is 5.69 Å². The molecule has 0 radical (unpaired) electrons. The van der Waals surface area contributed by atoms with Crippen LogP contribution in [0.25, 0.3) is 0 Å². The second-order valence-electron chi connectivity index (χ2n) is 5.81. The molecular formula is C14H20N6O. The summed E-state index contributed by atoms with van der Waals surface area (Å²) >= 11 is 0. The molecule has 2 atom stereocenters. The van der Waals surface area contributed by atoms with Crippen molar-refractivity contribution in [2.75, 3.05) is 6.54 Å². The van der Waals surface area contributed by atoms with Gasteiger partial charge in [0, 0.05) is 17.8 Å². The predicted octanol–water partition coefficient (Wildman–Crippen LogP) is 1.12. The zero-order valence-electron chi connectivity index (χ0n) is 12.3. The van der Waals surface area contributed by atoms with Crippen LogP contribution in [0.4, 0.5) is 0 Å². The maximum atomic E-state index is 12.3. The van der Waals surface area contributed by atoms with Gasteiger partial charge in [0.25, 0.3) is 5.91 Å². The Balaban J connectivity index is 1.65. The van der Waals surface area contributed by atoms with Crippen molar-refractivity contribution < 1.29 is 4.79 Å². The van der Waals surface area contributed by atoms with E-state index in [4.69, 9.17) is 0 Å². The molecule has 0 fully saturated rings. The van der Waals surface area contributed by atoms with Gasteiger partial charge in [0.1, 0.15) is 12.7 Å². The highest BCUT2D eigenvalue weighted by atomic mass is 16.1. The normalized spacial score (nSPS) is 19.0. The van der Waals surface area contributed by atoms with Crippen LogP contribution < -0.4 is 5.32 Å². The van der Waals surface area contributed by atoms with Crippen molar-refractivity contribution in [3.05, 3.63) is 29.6 Å². The van der Waals surface area contributed by atoms with Crippen molar-refractivity contribution in [3.8, 4) is 0 Å². The van der Waals surface area contributed by atoms with Gasteiger partial charge < -0.3 is 5.32 Å². The van der Waals surface area contributed by atoms with Crippen LogP contribution in [-0.2, 0) is 12.8 Å². The smallest absolute Gasteiger partial charge is 0.272 e. The van der Waals surface area contributed by atoms with Crippen molar-refractivity contribution in [1.82, 2.24) is 30.3 Å². The quantitative estimate of drug-likeness (QED) is 0.882. The number of amides is 1. The number of nitrogens with zero attached hydrogens (tertiary/aromatic N) is 4. The van der Waals surface area contributed by atoms with Crippen LogP contribution in [0.15, 0.2) is 12.7 Å². The molecule has 2 N–H and O–H groups in total. The average Bonchev–Trinajstić information content (AvgIpc) is 3.13. The Morgan fingerprint density at radius 2 is 2.48 bits per heavy atom. The molecule has 112 valence electrons. The first-order valence-corrected chi connectivity index (χ1v) is 7.33. The van der Waals surface area contributed by atoms with Gasteiger partial charge in [-0.15, -0.1) is 0 Å². The molecule has 7 heteroatoms. The van der Waals surface area contributed by atoms with E-state index in [9.17, 15) is 4.79 Å². The minimum Gasteiger partial charge on any atom is -0.348 e. The molecule has 0 aromatic carbocycles. The number of carbonyl (C=O) groups is 1. The molecule has 2 aromatic rings. The first-order chi connectivity index (χ1) is 10.1. The van der Waals surface area contributed by atoms with Crippen molar-refractivity contribution >= 4 is 5.91 Å². The van der Waals surface area contributed by atoms with E-state index in [0.29, 0.717) is 18.2 Å². The molecule has 3 rings (SSSR count). The number of aromatic amines is 1. The Morgan fingerprint density at radius 3 is 3.24 bits per heavy atom. The van der Waals surface area contributed by atoms with E-state index in [0.717, 1.165) is 30.5 Å². The first-order valence-electron chi connectivity index (χ1n) is 7.33. The monoisotopic (exact) mass is 288 g/mol. The standard InChI is InChI=1S/C14H20N6O/c1-9-3-4-12-11(5-9)13(19-18-12)14(21)16-6-10(2)20-8-15-7-17-20/h7-10H,3-6H2,1-2H3,(H,16,21)(H,18,19). The lowest BCUT2D eigenvalue weighted by Crippen LogP contribution is -2.31. The number of aryl methyl sites for hydroxylation is 1. The molecule has 2 heterocycles. The lowest BCUT2D eigenvalue weighted by Gasteiger charge is -2.18. The number of hydrogen-bond donors (Lipinski definition) is 2. The van der Waals surface area contributed by atoms with Gasteiger partial charge in [-0.25, -0.2) is 9.67 Å². The van der Waals surface area contributed by atoms with E-state index in [1.807, 2.05) is 6.92 Å². The van der Waals surface area contributed by atoms with Gasteiger partial charge in [-0.3, -0.25) is 9.89 Å². The first kappa shape index (κ1) is 13.8. The molecular weight excluding hydrogens is 268 g/mol. The highest BCUT2D eigenvalue weighted by Gasteiger charge is 2.24. The minimum absolute atomic E-state index is 0.0603. The summed E-state index contributed by atoms with van der Waals surface area (Å²) in [5, 5.41) is 14.2. The summed E-state index contributed by atoms with van der Waals surface area (Å²) in [7, 11) is 0. The summed E-state index contributed by atoms with van der Waals surface area (Å²) in [6.45, 7) is 4.70. The zero-order valence-corrected chi connectivity index (χ0v) is 12.3. The van der Waals surface area contributed by atoms with E-state index in [-0.39, 0.29) is 11.9 Å². The number of nitrogens with one attached hydrogen (secondary N) is 2. The van der Waals surface area contributed by atoms with Crippen LogP contribution in [0.5, 0.6) is 0 Å². The molecule has 7 nitrogen and oxygen atoms in total. The molecule has 0 aliphatic heterocycles. The molecule has 2 unspecified atom stereocenters. The Kier molecular flexibility index (Phi) is 3.72. The lowest BCUT2D eigenvalue weighted by atomic mass is 9.87. The number of hydrogen-bond acceptors (Lipinski definition) is 4. The number of fused-ring (bicyclic) bond motifs is 1. The Hall–Kier alpha value is -2.18. The van der Waals surface area contributed by atoms with Crippen LogP contribution in [0.3, 0.4) is 0 Å². The summed E-state index contributed by atoms with van der Waals surface area (Å²) < 4.78 is 1.72. The van der Waals surface area contributed by atoms with Crippen molar-refractivity contribution in [2.45, 2.75) is 39.2 Å². The third kappa shape index (κ3) is 2.81. The van der Waals surface area contributed by atoms with E-state index in [1.165, 1.54) is 6.33 Å².